The van der Waals surface area contributed by atoms with Gasteiger partial charge in [-0.1, -0.05) is 364 Å². The Bertz CT molecular complexity index is 1780. The van der Waals surface area contributed by atoms with Gasteiger partial charge in [-0.15, -0.1) is 0 Å². The number of hydrogen-bond acceptors (Lipinski definition) is 7. The van der Waals surface area contributed by atoms with E-state index in [9.17, 15) is 19.0 Å². The second-order valence-electron chi connectivity index (χ2n) is 27.8. The Morgan fingerprint density at radius 1 is 0.396 bits per heavy atom. The zero-order valence-corrected chi connectivity index (χ0v) is 61.9. The van der Waals surface area contributed by atoms with Crippen LogP contribution in [0.4, 0.5) is 0 Å². The second-order valence-corrected chi connectivity index (χ2v) is 29.3. The number of carbonyl (C=O) groups excluding carboxylic acids is 2. The van der Waals surface area contributed by atoms with Crippen molar-refractivity contribution in [3.8, 4) is 0 Å². The van der Waals surface area contributed by atoms with E-state index in [0.29, 0.717) is 17.4 Å². The highest BCUT2D eigenvalue weighted by Gasteiger charge is 2.27. The number of allylic oxidation sites excluding steroid dienone is 11. The molecule has 1 N–H and O–H groups in total. The number of amides is 1. The minimum atomic E-state index is -4.71. The number of hydrogen-bond donors (Lipinski definition) is 1. The van der Waals surface area contributed by atoms with Crippen molar-refractivity contribution in [2.24, 2.45) is 0 Å². The fourth-order valence-electron chi connectivity index (χ4n) is 11.7. The number of phosphoric acid groups is 1. The lowest BCUT2D eigenvalue weighted by molar-refractivity contribution is -0.870. The van der Waals surface area contributed by atoms with Crippen molar-refractivity contribution in [2.75, 3.05) is 40.9 Å². The van der Waals surface area contributed by atoms with Crippen molar-refractivity contribution in [3.63, 3.8) is 0 Å². The van der Waals surface area contributed by atoms with Crippen LogP contribution in [0.2, 0.25) is 0 Å². The molecular weight excluding hydrogens is 1140 g/mol. The van der Waals surface area contributed by atoms with Crippen molar-refractivity contribution in [3.05, 3.63) is 72.9 Å². The van der Waals surface area contributed by atoms with Gasteiger partial charge in [0.25, 0.3) is 7.82 Å². The maximum absolute atomic E-state index is 13.7. The number of quaternary nitrogens is 1. The highest BCUT2D eigenvalue weighted by molar-refractivity contribution is 7.45. The van der Waals surface area contributed by atoms with Gasteiger partial charge in [-0.3, -0.25) is 14.2 Å². The smallest absolute Gasteiger partial charge is 0.306 e. The van der Waals surface area contributed by atoms with Crippen LogP contribution in [0.5, 0.6) is 0 Å². The molecule has 0 spiro atoms. The fraction of sp³-hybridized carbons (Fsp3) is 0.827. The summed E-state index contributed by atoms with van der Waals surface area (Å²) in [7, 11) is 1.19. The first-order valence-electron chi connectivity index (χ1n) is 39.2. The molecule has 0 heterocycles. The fourth-order valence-corrected chi connectivity index (χ4v) is 12.4. The SMILES string of the molecule is CC/C=C\C/C=C\C/C=C\C/C=C\C/C=C\CCCCCCCCCCCC(=O)OC(/C=C/CCCCCCCCCCCCC)C(COP(=O)([O-])OCC[N+](C)(C)C)NC(=O)CCCCCCCCCCCCCCCCCCCCCCCCCCCCC. The van der Waals surface area contributed by atoms with E-state index in [1.165, 1.54) is 244 Å². The number of phosphoric ester groups is 1. The lowest BCUT2D eigenvalue weighted by atomic mass is 10.0. The second kappa shape index (κ2) is 70.3. The van der Waals surface area contributed by atoms with E-state index in [-0.39, 0.29) is 31.5 Å². The molecular formula is C81H151N2O7P. The number of ether oxygens (including phenoxy) is 1. The van der Waals surface area contributed by atoms with Gasteiger partial charge in [0.2, 0.25) is 5.91 Å². The largest absolute Gasteiger partial charge is 0.756 e. The molecule has 0 saturated carbocycles. The lowest BCUT2D eigenvalue weighted by Gasteiger charge is -2.30. The van der Waals surface area contributed by atoms with Gasteiger partial charge < -0.3 is 28.5 Å². The number of nitrogens with zero attached hydrogens (tertiary/aromatic N) is 1. The van der Waals surface area contributed by atoms with E-state index in [2.05, 4.69) is 86.8 Å². The molecule has 0 saturated heterocycles. The summed E-state index contributed by atoms with van der Waals surface area (Å²) >= 11 is 0. The maximum Gasteiger partial charge on any atom is 0.306 e. The highest BCUT2D eigenvalue weighted by atomic mass is 31.2. The number of nitrogens with one attached hydrogen (secondary N) is 1. The Hall–Kier alpha value is -2.55. The zero-order chi connectivity index (χ0) is 66.3. The monoisotopic (exact) mass is 1300 g/mol. The quantitative estimate of drug-likeness (QED) is 0.0212. The third-order valence-corrected chi connectivity index (χ3v) is 18.6. The van der Waals surface area contributed by atoms with Crippen LogP contribution < -0.4 is 10.2 Å². The van der Waals surface area contributed by atoms with Crippen molar-refractivity contribution in [1.82, 2.24) is 5.32 Å². The Morgan fingerprint density at radius 2 is 0.703 bits per heavy atom. The molecule has 0 bridgehead atoms. The summed E-state index contributed by atoms with van der Waals surface area (Å²) in [4.78, 5) is 40.3. The summed E-state index contributed by atoms with van der Waals surface area (Å²) in [5.41, 5.74) is 0. The van der Waals surface area contributed by atoms with Crippen LogP contribution in [-0.2, 0) is 27.9 Å². The van der Waals surface area contributed by atoms with E-state index in [4.69, 9.17) is 13.8 Å². The molecule has 532 valence electrons. The topological polar surface area (TPSA) is 114 Å². The third-order valence-electron chi connectivity index (χ3n) is 17.7. The van der Waals surface area contributed by atoms with Crippen LogP contribution in [0.3, 0.4) is 0 Å². The Morgan fingerprint density at radius 3 is 1.05 bits per heavy atom. The molecule has 1 amide bonds. The van der Waals surface area contributed by atoms with Gasteiger partial charge in [0.15, 0.2) is 0 Å². The highest BCUT2D eigenvalue weighted by Crippen LogP contribution is 2.38. The Labute approximate surface area is 565 Å². The molecule has 0 aromatic carbocycles. The molecule has 3 atom stereocenters. The Kier molecular flexibility index (Phi) is 68.3. The van der Waals surface area contributed by atoms with E-state index in [1.54, 1.807) is 0 Å². The van der Waals surface area contributed by atoms with Crippen molar-refractivity contribution >= 4 is 19.7 Å². The first kappa shape index (κ1) is 88.5. The van der Waals surface area contributed by atoms with Gasteiger partial charge in [-0.2, -0.15) is 0 Å². The van der Waals surface area contributed by atoms with Crippen LogP contribution in [0.25, 0.3) is 0 Å². The maximum atomic E-state index is 13.7. The average molecular weight is 1300 g/mol. The van der Waals surface area contributed by atoms with E-state index < -0.39 is 20.0 Å². The number of carbonyl (C=O) groups is 2. The summed E-state index contributed by atoms with van der Waals surface area (Å²) in [6.45, 7) is 6.79. The number of unbranched alkanes of at least 4 members (excludes halogenated alkanes) is 46. The summed E-state index contributed by atoms with van der Waals surface area (Å²) in [5, 5.41) is 3.06. The lowest BCUT2D eigenvalue weighted by Crippen LogP contribution is -2.47. The van der Waals surface area contributed by atoms with Crippen molar-refractivity contribution < 1.29 is 37.3 Å². The predicted molar refractivity (Wildman–Crippen MR) is 395 cm³/mol. The molecule has 9 nitrogen and oxygen atoms in total. The molecule has 0 aliphatic rings. The molecule has 0 aromatic heterocycles. The molecule has 0 rings (SSSR count). The minimum absolute atomic E-state index is 0.0232. The minimum Gasteiger partial charge on any atom is -0.756 e. The van der Waals surface area contributed by atoms with Gasteiger partial charge >= 0.3 is 5.97 Å². The third kappa shape index (κ3) is 71.6. The van der Waals surface area contributed by atoms with Crippen LogP contribution in [0.1, 0.15) is 380 Å². The van der Waals surface area contributed by atoms with E-state index >= 15 is 0 Å². The van der Waals surface area contributed by atoms with Crippen molar-refractivity contribution in [2.45, 2.75) is 392 Å². The Balaban J connectivity index is 4.97. The normalized spacial score (nSPS) is 13.8. The van der Waals surface area contributed by atoms with Crippen molar-refractivity contribution in [1.29, 1.82) is 0 Å². The van der Waals surface area contributed by atoms with E-state index in [1.807, 2.05) is 33.3 Å². The predicted octanol–water partition coefficient (Wildman–Crippen LogP) is 24.8. The van der Waals surface area contributed by atoms with Crippen LogP contribution >= 0.6 is 7.82 Å². The summed E-state index contributed by atoms with van der Waals surface area (Å²) in [6.07, 6.45) is 93.3. The van der Waals surface area contributed by atoms with Crippen LogP contribution in [0, 0.1) is 0 Å². The average Bonchev–Trinajstić information content (AvgIpc) is 3.70. The van der Waals surface area contributed by atoms with Crippen LogP contribution in [-0.4, -0.2) is 69.4 Å². The van der Waals surface area contributed by atoms with Gasteiger partial charge in [-0.25, -0.2) is 0 Å². The molecule has 0 aliphatic carbocycles. The van der Waals surface area contributed by atoms with Gasteiger partial charge in [-0.05, 0) is 76.7 Å². The molecule has 3 unspecified atom stereocenters. The molecule has 91 heavy (non-hydrogen) atoms. The summed E-state index contributed by atoms with van der Waals surface area (Å²) < 4.78 is 30.6. The zero-order valence-electron chi connectivity index (χ0n) is 61.1. The number of likely N-dealkylation sites (N-methyl/N-ethyl adjacent to an activating group) is 1. The summed E-state index contributed by atoms with van der Waals surface area (Å²) in [6, 6.07) is -0.893. The van der Waals surface area contributed by atoms with Gasteiger partial charge in [0, 0.05) is 12.8 Å². The summed E-state index contributed by atoms with van der Waals surface area (Å²) in [5.74, 6) is -0.531. The van der Waals surface area contributed by atoms with Gasteiger partial charge in [0.05, 0.1) is 33.8 Å². The first-order chi connectivity index (χ1) is 44.4. The number of rotatable bonds is 72. The first-order valence-corrected chi connectivity index (χ1v) is 40.7. The van der Waals surface area contributed by atoms with Gasteiger partial charge in [0.1, 0.15) is 19.3 Å². The standard InChI is InChI=1S/C81H151N2O7P/c1-7-10-13-16-19-22-25-28-30-32-34-36-38-40-41-43-44-46-48-50-52-55-58-61-64-67-70-73-80(84)82-78(77-89-91(86,87)88-76-75-83(4,5)6)79(72-69-66-63-60-57-54-27-24-21-18-15-12-9-3)90-81(85)74-71-68-65-62-59-56-53-51-49-47-45-42-39-37-35-33-31-29-26-23-20-17-14-11-8-2/h11,14,20,23,29,31,35,37,42,45,69,72,78-79H,7-10,12-13,15-19,21-22,24-28,30,32-34,36,38-41,43-44,46-68,70-71,73-77H2,1-6H3,(H-,82,84,86,87)/b14-11-,23-20-,31-29-,37-35-,45-42-,72-69+. The molecule has 0 aromatic rings. The van der Waals surface area contributed by atoms with E-state index in [0.717, 1.165) is 103 Å². The van der Waals surface area contributed by atoms with Crippen LogP contribution in [0.15, 0.2) is 72.9 Å². The molecule has 0 aliphatic heterocycles. The molecule has 0 fully saturated rings. The molecule has 10 heteroatoms. The molecule has 0 radical (unpaired) electrons. The number of esters is 1.